The van der Waals surface area contributed by atoms with Gasteiger partial charge in [0.1, 0.15) is 11.9 Å². The van der Waals surface area contributed by atoms with Gasteiger partial charge in [0, 0.05) is 38.6 Å². The first-order valence-electron chi connectivity index (χ1n) is 13.0. The average molecular weight is 483 g/mol. The van der Waals surface area contributed by atoms with E-state index in [0.717, 1.165) is 76.5 Å². The Bertz CT molecular complexity index is 998. The Balaban J connectivity index is 1.01. The summed E-state index contributed by atoms with van der Waals surface area (Å²) in [5, 5.41) is 5.74. The molecule has 0 spiro atoms. The molecule has 1 aromatic rings. The van der Waals surface area contributed by atoms with Crippen LogP contribution in [0.2, 0.25) is 0 Å². The summed E-state index contributed by atoms with van der Waals surface area (Å²) >= 11 is 0. The average Bonchev–Trinajstić information content (AvgIpc) is 3.17. The lowest BCUT2D eigenvalue weighted by Gasteiger charge is -2.47. The molecule has 0 radical (unpaired) electrons. The number of amides is 3. The highest BCUT2D eigenvalue weighted by atomic mass is 16.5. The van der Waals surface area contributed by atoms with E-state index in [9.17, 15) is 14.4 Å². The Kier molecular flexibility index (Phi) is 6.19. The number of aromatic nitrogens is 1. The number of carbonyl (C=O) groups is 3. The van der Waals surface area contributed by atoms with Crippen molar-refractivity contribution in [3.8, 4) is 0 Å². The number of piperazine rings is 1. The van der Waals surface area contributed by atoms with Gasteiger partial charge >= 0.3 is 0 Å². The Morgan fingerprint density at radius 3 is 2.46 bits per heavy atom. The van der Waals surface area contributed by atoms with Crippen LogP contribution in [0.15, 0.2) is 12.1 Å². The van der Waals surface area contributed by atoms with Crippen molar-refractivity contribution >= 4 is 23.5 Å². The first kappa shape index (κ1) is 22.9. The molecule has 0 bridgehead atoms. The Labute approximate surface area is 205 Å². The molecule has 5 heterocycles. The van der Waals surface area contributed by atoms with Crippen LogP contribution in [0, 0.1) is 0 Å². The van der Waals surface area contributed by atoms with E-state index in [1.54, 1.807) is 4.90 Å². The Morgan fingerprint density at radius 1 is 0.943 bits per heavy atom. The van der Waals surface area contributed by atoms with Crippen LogP contribution >= 0.6 is 0 Å². The van der Waals surface area contributed by atoms with Gasteiger partial charge in [-0.25, -0.2) is 4.98 Å². The van der Waals surface area contributed by atoms with Crippen molar-refractivity contribution in [3.63, 3.8) is 0 Å². The minimum atomic E-state index is -0.605. The summed E-state index contributed by atoms with van der Waals surface area (Å²) in [6.45, 7) is 6.29. The van der Waals surface area contributed by atoms with Crippen LogP contribution in [-0.4, -0.2) is 96.1 Å². The van der Waals surface area contributed by atoms with E-state index in [0.29, 0.717) is 36.8 Å². The van der Waals surface area contributed by atoms with Crippen molar-refractivity contribution in [1.82, 2.24) is 25.4 Å². The van der Waals surface area contributed by atoms with Gasteiger partial charge < -0.3 is 19.9 Å². The summed E-state index contributed by atoms with van der Waals surface area (Å²) in [5.74, 6) is 0.0477. The third-order valence-corrected chi connectivity index (χ3v) is 8.25. The third kappa shape index (κ3) is 4.54. The number of imide groups is 1. The maximum atomic E-state index is 12.9. The fourth-order valence-electron chi connectivity index (χ4n) is 6.07. The van der Waals surface area contributed by atoms with E-state index in [1.807, 2.05) is 12.1 Å². The smallest absolute Gasteiger partial charge is 0.256 e. The highest BCUT2D eigenvalue weighted by molar-refractivity contribution is 6.05. The number of hydrogen-bond donors (Lipinski definition) is 2. The molecular formula is C25H34N6O4. The molecule has 5 aliphatic rings. The highest BCUT2D eigenvalue weighted by Crippen LogP contribution is 2.32. The SMILES string of the molecule is O=C1CCC(N2Cc3nc(N4CCN(C5CC(OC6CCNCC6)C5)CC4)ccc3C2=O)C(=O)N1. The lowest BCUT2D eigenvalue weighted by atomic mass is 9.87. The van der Waals surface area contributed by atoms with Gasteiger partial charge in [0.15, 0.2) is 0 Å². The predicted molar refractivity (Wildman–Crippen MR) is 128 cm³/mol. The molecule has 2 N–H and O–H groups in total. The molecule has 6 rings (SSSR count). The summed E-state index contributed by atoms with van der Waals surface area (Å²) < 4.78 is 6.29. The van der Waals surface area contributed by atoms with Crippen molar-refractivity contribution < 1.29 is 19.1 Å². The van der Waals surface area contributed by atoms with E-state index in [-0.39, 0.29) is 18.2 Å². The lowest BCUT2D eigenvalue weighted by Crippen LogP contribution is -2.56. The van der Waals surface area contributed by atoms with E-state index in [1.165, 1.54) is 0 Å². The molecule has 1 unspecified atom stereocenters. The summed E-state index contributed by atoms with van der Waals surface area (Å²) in [4.78, 5) is 47.9. The number of piperidine rings is 2. The summed E-state index contributed by atoms with van der Waals surface area (Å²) in [6.07, 6.45) is 6.01. The molecule has 3 amide bonds. The van der Waals surface area contributed by atoms with Gasteiger partial charge in [0.25, 0.3) is 5.91 Å². The zero-order chi connectivity index (χ0) is 23.9. The molecule has 0 aromatic carbocycles. The predicted octanol–water partition coefficient (Wildman–Crippen LogP) is 0.264. The number of anilines is 1. The highest BCUT2D eigenvalue weighted by Gasteiger charge is 2.40. The zero-order valence-electron chi connectivity index (χ0n) is 20.1. The van der Waals surface area contributed by atoms with Crippen molar-refractivity contribution in [2.75, 3.05) is 44.2 Å². The molecule has 1 aromatic heterocycles. The monoisotopic (exact) mass is 482 g/mol. The van der Waals surface area contributed by atoms with Crippen molar-refractivity contribution in [2.24, 2.45) is 0 Å². The van der Waals surface area contributed by atoms with Gasteiger partial charge in [-0.3, -0.25) is 24.6 Å². The van der Waals surface area contributed by atoms with Gasteiger partial charge in [-0.2, -0.15) is 0 Å². The van der Waals surface area contributed by atoms with E-state index >= 15 is 0 Å². The maximum Gasteiger partial charge on any atom is 0.256 e. The van der Waals surface area contributed by atoms with Crippen LogP contribution in [0.25, 0.3) is 0 Å². The second-order valence-electron chi connectivity index (χ2n) is 10.4. The van der Waals surface area contributed by atoms with Crippen LogP contribution in [0.4, 0.5) is 5.82 Å². The molecule has 10 heteroatoms. The van der Waals surface area contributed by atoms with Crippen LogP contribution < -0.4 is 15.5 Å². The molecule has 4 aliphatic heterocycles. The molecule has 1 aliphatic carbocycles. The number of rotatable bonds is 5. The quantitative estimate of drug-likeness (QED) is 0.576. The number of fused-ring (bicyclic) bond motifs is 1. The fourth-order valence-corrected chi connectivity index (χ4v) is 6.07. The Hall–Kier alpha value is -2.56. The summed E-state index contributed by atoms with van der Waals surface area (Å²) in [5.41, 5.74) is 1.28. The molecule has 188 valence electrons. The number of pyridine rings is 1. The summed E-state index contributed by atoms with van der Waals surface area (Å²) in [7, 11) is 0. The van der Waals surface area contributed by atoms with Crippen LogP contribution in [-0.2, 0) is 20.9 Å². The number of carbonyl (C=O) groups excluding carboxylic acids is 3. The van der Waals surface area contributed by atoms with Crippen molar-refractivity contribution in [1.29, 1.82) is 0 Å². The van der Waals surface area contributed by atoms with E-state index < -0.39 is 11.9 Å². The molecule has 1 saturated carbocycles. The maximum absolute atomic E-state index is 12.9. The minimum absolute atomic E-state index is 0.176. The molecular weight excluding hydrogens is 448 g/mol. The van der Waals surface area contributed by atoms with Gasteiger partial charge in [-0.05, 0) is 57.3 Å². The Morgan fingerprint density at radius 2 is 1.71 bits per heavy atom. The molecule has 10 nitrogen and oxygen atoms in total. The van der Waals surface area contributed by atoms with Crippen molar-refractivity contribution in [3.05, 3.63) is 23.4 Å². The van der Waals surface area contributed by atoms with Gasteiger partial charge in [-0.1, -0.05) is 0 Å². The number of nitrogens with zero attached hydrogens (tertiary/aromatic N) is 4. The largest absolute Gasteiger partial charge is 0.375 e. The normalized spacial score (nSPS) is 30.3. The molecule has 4 fully saturated rings. The number of nitrogens with one attached hydrogen (secondary N) is 2. The van der Waals surface area contributed by atoms with Crippen LogP contribution in [0.5, 0.6) is 0 Å². The molecule has 1 atom stereocenters. The second-order valence-corrected chi connectivity index (χ2v) is 10.4. The van der Waals surface area contributed by atoms with Gasteiger partial charge in [-0.15, -0.1) is 0 Å². The van der Waals surface area contributed by atoms with Gasteiger partial charge in [0.2, 0.25) is 11.8 Å². The van der Waals surface area contributed by atoms with Crippen LogP contribution in [0.3, 0.4) is 0 Å². The van der Waals surface area contributed by atoms with Gasteiger partial charge in [0.05, 0.1) is 30.0 Å². The van der Waals surface area contributed by atoms with Crippen LogP contribution in [0.1, 0.15) is 54.6 Å². The third-order valence-electron chi connectivity index (χ3n) is 8.25. The molecule has 3 saturated heterocycles. The van der Waals surface area contributed by atoms with E-state index in [4.69, 9.17) is 9.72 Å². The minimum Gasteiger partial charge on any atom is -0.375 e. The number of ether oxygens (including phenoxy) is 1. The first-order valence-corrected chi connectivity index (χ1v) is 13.0. The number of hydrogen-bond acceptors (Lipinski definition) is 8. The topological polar surface area (TPSA) is 107 Å². The van der Waals surface area contributed by atoms with Crippen molar-refractivity contribution in [2.45, 2.75) is 69.4 Å². The second kappa shape index (κ2) is 9.48. The fraction of sp³-hybridized carbons (Fsp3) is 0.680. The summed E-state index contributed by atoms with van der Waals surface area (Å²) in [6, 6.07) is 3.78. The zero-order valence-corrected chi connectivity index (χ0v) is 20.1. The first-order chi connectivity index (χ1) is 17.0. The van der Waals surface area contributed by atoms with E-state index in [2.05, 4.69) is 20.4 Å². The lowest BCUT2D eigenvalue weighted by molar-refractivity contribution is -0.136. The standard InChI is InChI=1S/C25H34N6O4/c32-23-4-2-21(24(33)28-23)31-15-20-19(25(31)34)1-3-22(27-20)30-11-9-29(10-12-30)16-13-18(14-16)35-17-5-7-26-8-6-17/h1,3,16-18,21,26H,2,4-15H2,(H,28,32,33). The molecule has 35 heavy (non-hydrogen) atoms.